The van der Waals surface area contributed by atoms with E-state index in [-0.39, 0.29) is 36.5 Å². The van der Waals surface area contributed by atoms with Crippen molar-refractivity contribution in [3.63, 3.8) is 0 Å². The molecule has 2 amide bonds. The Morgan fingerprint density at radius 3 is 2.66 bits per heavy atom. The van der Waals surface area contributed by atoms with E-state index < -0.39 is 17.6 Å². The first-order chi connectivity index (χ1) is 15.5. The lowest BCUT2D eigenvalue weighted by Gasteiger charge is -2.29. The number of carbonyl (C=O) groups is 2. The van der Waals surface area contributed by atoms with E-state index in [0.717, 1.165) is 49.4 Å². The Kier molecular flexibility index (Phi) is 6.69. The van der Waals surface area contributed by atoms with Crippen LogP contribution in [0.2, 0.25) is 0 Å². The number of hydrogen-bond acceptors (Lipinski definition) is 4. The molecule has 0 spiro atoms. The standard InChI is InChI=1S/C24H27F2N3O3/c1-32-22-7-3-2-6-18(22)21(28-10-4-5-11-28)14-27-24(31)16-12-23(30)29(15-16)20-9-8-17(25)13-19(20)26/h2-3,6-9,13,16,21H,4-5,10-12,14-15H2,1H3,(H,27,31). The predicted octanol–water partition coefficient (Wildman–Crippen LogP) is 3.28. The summed E-state index contributed by atoms with van der Waals surface area (Å²) in [6, 6.07) is 10.8. The summed E-state index contributed by atoms with van der Waals surface area (Å²) in [6.45, 7) is 2.33. The molecule has 1 N–H and O–H groups in total. The fourth-order valence-corrected chi connectivity index (χ4v) is 4.59. The Balaban J connectivity index is 1.45. The zero-order chi connectivity index (χ0) is 22.7. The second-order valence-corrected chi connectivity index (χ2v) is 8.25. The fraction of sp³-hybridized carbons (Fsp3) is 0.417. The van der Waals surface area contributed by atoms with Crippen LogP contribution in [-0.2, 0) is 9.59 Å². The van der Waals surface area contributed by atoms with Crippen molar-refractivity contribution in [1.29, 1.82) is 0 Å². The number of para-hydroxylation sites is 1. The largest absolute Gasteiger partial charge is 0.496 e. The minimum Gasteiger partial charge on any atom is -0.496 e. The van der Waals surface area contributed by atoms with Crippen LogP contribution in [0, 0.1) is 17.6 Å². The molecule has 2 aliphatic rings. The lowest BCUT2D eigenvalue weighted by Crippen LogP contribution is -2.40. The molecule has 0 bridgehead atoms. The van der Waals surface area contributed by atoms with Crippen molar-refractivity contribution >= 4 is 17.5 Å². The molecule has 2 atom stereocenters. The number of halogens is 2. The van der Waals surface area contributed by atoms with E-state index in [1.807, 2.05) is 24.3 Å². The highest BCUT2D eigenvalue weighted by Gasteiger charge is 2.37. The molecule has 8 heteroatoms. The summed E-state index contributed by atoms with van der Waals surface area (Å²) in [7, 11) is 1.63. The van der Waals surface area contributed by atoms with E-state index in [1.165, 1.54) is 11.0 Å². The van der Waals surface area contributed by atoms with E-state index >= 15 is 0 Å². The van der Waals surface area contributed by atoms with Crippen molar-refractivity contribution in [1.82, 2.24) is 10.2 Å². The van der Waals surface area contributed by atoms with Crippen LogP contribution in [0.5, 0.6) is 5.75 Å². The third kappa shape index (κ3) is 4.60. The van der Waals surface area contributed by atoms with Crippen LogP contribution in [0.1, 0.15) is 30.9 Å². The Labute approximate surface area is 186 Å². The molecule has 6 nitrogen and oxygen atoms in total. The summed E-state index contributed by atoms with van der Waals surface area (Å²) in [5, 5.41) is 3.00. The summed E-state index contributed by atoms with van der Waals surface area (Å²) in [4.78, 5) is 28.9. The van der Waals surface area contributed by atoms with Gasteiger partial charge in [-0.05, 0) is 44.1 Å². The van der Waals surface area contributed by atoms with Gasteiger partial charge in [0, 0.05) is 31.1 Å². The maximum absolute atomic E-state index is 14.1. The number of anilines is 1. The molecular formula is C24H27F2N3O3. The minimum absolute atomic E-state index is 0.00401. The summed E-state index contributed by atoms with van der Waals surface area (Å²) in [6.07, 6.45) is 2.20. The first-order valence-corrected chi connectivity index (χ1v) is 10.9. The van der Waals surface area contributed by atoms with Crippen molar-refractivity contribution in [2.45, 2.75) is 25.3 Å². The molecule has 2 fully saturated rings. The van der Waals surface area contributed by atoms with E-state index in [0.29, 0.717) is 6.54 Å². The summed E-state index contributed by atoms with van der Waals surface area (Å²) in [5.41, 5.74) is 1.00. The normalized spacial score (nSPS) is 19.9. The molecule has 2 unspecified atom stereocenters. The number of likely N-dealkylation sites (tertiary alicyclic amines) is 1. The van der Waals surface area contributed by atoms with Crippen LogP contribution < -0.4 is 15.0 Å². The van der Waals surface area contributed by atoms with Gasteiger partial charge >= 0.3 is 0 Å². The van der Waals surface area contributed by atoms with Crippen molar-refractivity contribution in [3.8, 4) is 5.75 Å². The van der Waals surface area contributed by atoms with Crippen molar-refractivity contribution in [2.24, 2.45) is 5.92 Å². The maximum atomic E-state index is 14.1. The average Bonchev–Trinajstić information content (AvgIpc) is 3.44. The Bertz CT molecular complexity index is 994. The van der Waals surface area contributed by atoms with Crippen LogP contribution in [0.25, 0.3) is 0 Å². The van der Waals surface area contributed by atoms with E-state index in [2.05, 4.69) is 10.2 Å². The third-order valence-electron chi connectivity index (χ3n) is 6.25. The highest BCUT2D eigenvalue weighted by atomic mass is 19.1. The molecule has 0 aromatic heterocycles. The quantitative estimate of drug-likeness (QED) is 0.714. The summed E-state index contributed by atoms with van der Waals surface area (Å²) in [5.74, 6) is -1.95. The number of carbonyl (C=O) groups excluding carboxylic acids is 2. The molecule has 0 saturated carbocycles. The maximum Gasteiger partial charge on any atom is 0.227 e. The van der Waals surface area contributed by atoms with Gasteiger partial charge in [0.1, 0.15) is 17.4 Å². The lowest BCUT2D eigenvalue weighted by molar-refractivity contribution is -0.126. The minimum atomic E-state index is -0.815. The van der Waals surface area contributed by atoms with Crippen molar-refractivity contribution < 1.29 is 23.1 Å². The molecular weight excluding hydrogens is 416 g/mol. The average molecular weight is 443 g/mol. The Morgan fingerprint density at radius 1 is 1.19 bits per heavy atom. The topological polar surface area (TPSA) is 61.9 Å². The molecule has 2 saturated heterocycles. The number of methoxy groups -OCH3 is 1. The third-order valence-corrected chi connectivity index (χ3v) is 6.25. The van der Waals surface area contributed by atoms with Gasteiger partial charge < -0.3 is 15.0 Å². The second kappa shape index (κ2) is 9.65. The van der Waals surface area contributed by atoms with Crippen LogP contribution in [0.4, 0.5) is 14.5 Å². The second-order valence-electron chi connectivity index (χ2n) is 8.25. The monoisotopic (exact) mass is 443 g/mol. The number of ether oxygens (including phenoxy) is 1. The van der Waals surface area contributed by atoms with E-state index in [1.54, 1.807) is 7.11 Å². The molecule has 32 heavy (non-hydrogen) atoms. The van der Waals surface area contributed by atoms with Crippen molar-refractivity contribution in [2.75, 3.05) is 38.2 Å². The SMILES string of the molecule is COc1ccccc1C(CNC(=O)C1CC(=O)N(c2ccc(F)cc2F)C1)N1CCCC1. The van der Waals surface area contributed by atoms with Crippen LogP contribution in [0.15, 0.2) is 42.5 Å². The highest BCUT2D eigenvalue weighted by molar-refractivity contribution is 6.00. The van der Waals surface area contributed by atoms with Crippen LogP contribution in [-0.4, -0.2) is 50.0 Å². The number of amides is 2. The van der Waals surface area contributed by atoms with Gasteiger partial charge in [0.2, 0.25) is 11.8 Å². The lowest BCUT2D eigenvalue weighted by atomic mass is 10.0. The Hall–Kier alpha value is -3.00. The van der Waals surface area contributed by atoms with Gasteiger partial charge in [0.05, 0.1) is 24.8 Å². The molecule has 4 rings (SSSR count). The molecule has 2 aromatic carbocycles. The van der Waals surface area contributed by atoms with E-state index in [9.17, 15) is 18.4 Å². The van der Waals surface area contributed by atoms with Gasteiger partial charge in [0.25, 0.3) is 0 Å². The number of nitrogens with zero attached hydrogens (tertiary/aromatic N) is 2. The summed E-state index contributed by atoms with van der Waals surface area (Å²) >= 11 is 0. The van der Waals surface area contributed by atoms with E-state index in [4.69, 9.17) is 4.74 Å². The molecule has 2 aliphatic heterocycles. The van der Waals surface area contributed by atoms with Gasteiger partial charge in [-0.25, -0.2) is 8.78 Å². The molecule has 2 aromatic rings. The van der Waals surface area contributed by atoms with Crippen LogP contribution >= 0.6 is 0 Å². The number of benzene rings is 2. The van der Waals surface area contributed by atoms with Gasteiger partial charge in [-0.2, -0.15) is 0 Å². The van der Waals surface area contributed by atoms with Gasteiger partial charge in [-0.1, -0.05) is 18.2 Å². The van der Waals surface area contributed by atoms with Crippen LogP contribution in [0.3, 0.4) is 0 Å². The molecule has 170 valence electrons. The molecule has 0 aliphatic carbocycles. The zero-order valence-electron chi connectivity index (χ0n) is 18.0. The summed E-state index contributed by atoms with van der Waals surface area (Å²) < 4.78 is 32.9. The smallest absolute Gasteiger partial charge is 0.227 e. The fourth-order valence-electron chi connectivity index (χ4n) is 4.59. The molecule has 0 radical (unpaired) electrons. The van der Waals surface area contributed by atoms with Gasteiger partial charge in [-0.3, -0.25) is 14.5 Å². The number of nitrogens with one attached hydrogen (secondary N) is 1. The number of hydrogen-bond donors (Lipinski definition) is 1. The first-order valence-electron chi connectivity index (χ1n) is 10.9. The molecule has 2 heterocycles. The Morgan fingerprint density at radius 2 is 1.94 bits per heavy atom. The van der Waals surface area contributed by atoms with Crippen molar-refractivity contribution in [3.05, 3.63) is 59.7 Å². The highest BCUT2D eigenvalue weighted by Crippen LogP contribution is 2.32. The first kappa shape index (κ1) is 22.2. The number of rotatable bonds is 7. The van der Waals surface area contributed by atoms with Gasteiger partial charge in [-0.15, -0.1) is 0 Å². The predicted molar refractivity (Wildman–Crippen MR) is 116 cm³/mol. The van der Waals surface area contributed by atoms with Gasteiger partial charge in [0.15, 0.2) is 0 Å². The zero-order valence-corrected chi connectivity index (χ0v) is 18.0.